The van der Waals surface area contributed by atoms with Crippen LogP contribution < -0.4 is 0 Å². The number of alkyl halides is 3. The normalized spacial score (nSPS) is 20.6. The van der Waals surface area contributed by atoms with Gasteiger partial charge in [0.05, 0.1) is 29.3 Å². The first-order valence-corrected chi connectivity index (χ1v) is 11.6. The van der Waals surface area contributed by atoms with Crippen LogP contribution in [0.15, 0.2) is 51.6 Å². The molecule has 4 rings (SSSR count). The second-order valence-corrected chi connectivity index (χ2v) is 9.31. The summed E-state index contributed by atoms with van der Waals surface area (Å²) in [7, 11) is 3.25. The number of carbonyl (C=O) groups excluding carboxylic acids is 2. The lowest BCUT2D eigenvalue weighted by Gasteiger charge is -2.37. The molecule has 3 heterocycles. The topological polar surface area (TPSA) is 56.2 Å². The van der Waals surface area contributed by atoms with Crippen LogP contribution in [0.4, 0.5) is 13.2 Å². The van der Waals surface area contributed by atoms with Crippen LogP contribution in [0.5, 0.6) is 0 Å². The number of hydrogen-bond donors (Lipinski definition) is 0. The van der Waals surface area contributed by atoms with Crippen molar-refractivity contribution in [3.8, 4) is 0 Å². The largest absolute Gasteiger partial charge is 0.416 e. The monoisotopic (exact) mass is 478 g/mol. The number of carbonyl (C=O) groups is 2. The number of fused-ring (bicyclic) bond motifs is 1. The average Bonchev–Trinajstić information content (AvgIpc) is 3.42. The van der Waals surface area contributed by atoms with E-state index >= 15 is 0 Å². The summed E-state index contributed by atoms with van der Waals surface area (Å²) in [6.45, 7) is 3.18. The molecule has 0 N–H and O–H groups in total. The van der Waals surface area contributed by atoms with E-state index in [1.165, 1.54) is 28.8 Å². The molecule has 1 unspecified atom stereocenters. The Bertz CT molecular complexity index is 1050. The third-order valence-corrected chi connectivity index (χ3v) is 6.87. The Kier molecular flexibility index (Phi) is 6.30. The summed E-state index contributed by atoms with van der Waals surface area (Å²) in [4.78, 5) is 35.7. The predicted molar refractivity (Wildman–Crippen MR) is 121 cm³/mol. The Morgan fingerprint density at radius 2 is 1.79 bits per heavy atom. The highest BCUT2D eigenvalue weighted by atomic mass is 32.2. The van der Waals surface area contributed by atoms with Crippen LogP contribution in [0.2, 0.25) is 0 Å². The van der Waals surface area contributed by atoms with Crippen molar-refractivity contribution in [3.63, 3.8) is 0 Å². The number of benzene rings is 1. The maximum atomic E-state index is 13.1. The zero-order valence-corrected chi connectivity index (χ0v) is 19.5. The van der Waals surface area contributed by atoms with Crippen LogP contribution in [-0.2, 0) is 15.8 Å². The Morgan fingerprint density at radius 1 is 1.15 bits per heavy atom. The minimum atomic E-state index is -4.46. The molecule has 3 aliphatic rings. The van der Waals surface area contributed by atoms with Crippen molar-refractivity contribution >= 4 is 28.7 Å². The van der Waals surface area contributed by atoms with Crippen molar-refractivity contribution in [2.75, 3.05) is 27.2 Å². The minimum absolute atomic E-state index is 0.00136. The van der Waals surface area contributed by atoms with Crippen LogP contribution in [0.1, 0.15) is 43.4 Å². The highest BCUT2D eigenvalue weighted by Gasteiger charge is 2.41. The van der Waals surface area contributed by atoms with Gasteiger partial charge in [-0.1, -0.05) is 23.9 Å². The molecule has 1 aromatic rings. The molecule has 6 nitrogen and oxygen atoms in total. The average molecular weight is 479 g/mol. The molecule has 1 saturated heterocycles. The van der Waals surface area contributed by atoms with Gasteiger partial charge in [0.15, 0.2) is 5.17 Å². The van der Waals surface area contributed by atoms with E-state index in [-0.39, 0.29) is 18.2 Å². The maximum Gasteiger partial charge on any atom is 0.416 e. The number of halogens is 3. The van der Waals surface area contributed by atoms with Crippen LogP contribution in [-0.4, -0.2) is 58.9 Å². The smallest absolute Gasteiger partial charge is 0.345 e. The van der Waals surface area contributed by atoms with Gasteiger partial charge in [0.1, 0.15) is 0 Å². The summed E-state index contributed by atoms with van der Waals surface area (Å²) in [6, 6.07) is 4.17. The first-order valence-electron chi connectivity index (χ1n) is 10.7. The molecule has 0 bridgehead atoms. The van der Waals surface area contributed by atoms with Crippen LogP contribution in [0, 0.1) is 0 Å². The van der Waals surface area contributed by atoms with E-state index in [1.807, 2.05) is 15.2 Å². The quantitative estimate of drug-likeness (QED) is 0.645. The Balaban J connectivity index is 1.74. The molecule has 33 heavy (non-hydrogen) atoms. The lowest BCUT2D eigenvalue weighted by Crippen LogP contribution is -2.40. The van der Waals surface area contributed by atoms with Crippen LogP contribution in [0.25, 0.3) is 0 Å². The number of rotatable bonds is 4. The lowest BCUT2D eigenvalue weighted by molar-refractivity contribution is -0.137. The first kappa shape index (κ1) is 23.4. The molecule has 0 radical (unpaired) electrons. The maximum absolute atomic E-state index is 13.1. The summed E-state index contributed by atoms with van der Waals surface area (Å²) in [5.41, 5.74) is 1.36. The zero-order chi connectivity index (χ0) is 23.9. The molecule has 3 aliphatic heterocycles. The standard InChI is InChI=1S/C23H25F3N4O2S/c1-14-19(21(32)28(2)3)20(15-6-8-16(9-7-15)23(24,25)26)30-17(13-33-22(30)27-14)12-18(31)29-10-4-5-11-29/h6-9,13,20H,4-5,10-12H2,1-3H3. The summed E-state index contributed by atoms with van der Waals surface area (Å²) in [5, 5.41) is 2.46. The third-order valence-electron chi connectivity index (χ3n) is 5.98. The molecule has 1 atom stereocenters. The fourth-order valence-corrected chi connectivity index (χ4v) is 5.25. The van der Waals surface area contributed by atoms with Gasteiger partial charge in [-0.05, 0) is 42.9 Å². The molecule has 176 valence electrons. The van der Waals surface area contributed by atoms with Gasteiger partial charge >= 0.3 is 6.18 Å². The van der Waals surface area contributed by atoms with Gasteiger partial charge in [0, 0.05) is 32.9 Å². The van der Waals surface area contributed by atoms with Crippen molar-refractivity contribution in [1.82, 2.24) is 14.7 Å². The van der Waals surface area contributed by atoms with Gasteiger partial charge in [-0.3, -0.25) is 9.59 Å². The highest BCUT2D eigenvalue weighted by Crippen LogP contribution is 2.45. The Morgan fingerprint density at radius 3 is 2.36 bits per heavy atom. The van der Waals surface area contributed by atoms with E-state index in [0.29, 0.717) is 27.7 Å². The molecule has 0 spiro atoms. The Labute approximate surface area is 194 Å². The molecule has 1 fully saturated rings. The fraction of sp³-hybridized carbons (Fsp3) is 0.435. The number of amidine groups is 1. The number of thioether (sulfide) groups is 1. The van der Waals surface area contributed by atoms with Crippen LogP contribution >= 0.6 is 11.8 Å². The number of likely N-dealkylation sites (N-methyl/N-ethyl adjacent to an activating group) is 1. The predicted octanol–water partition coefficient (Wildman–Crippen LogP) is 4.38. The number of likely N-dealkylation sites (tertiary alicyclic amines) is 1. The molecule has 0 aromatic heterocycles. The Hall–Kier alpha value is -2.75. The molecule has 1 aromatic carbocycles. The van der Waals surface area contributed by atoms with Gasteiger partial charge < -0.3 is 14.7 Å². The van der Waals surface area contributed by atoms with Crippen molar-refractivity contribution in [2.24, 2.45) is 4.99 Å². The summed E-state index contributed by atoms with van der Waals surface area (Å²) < 4.78 is 39.4. The van der Waals surface area contributed by atoms with E-state index in [0.717, 1.165) is 38.1 Å². The van der Waals surface area contributed by atoms with Gasteiger partial charge in [0.25, 0.3) is 5.91 Å². The molecule has 2 amide bonds. The van der Waals surface area contributed by atoms with Crippen LogP contribution in [0.3, 0.4) is 0 Å². The number of hydrogen-bond acceptors (Lipinski definition) is 5. The van der Waals surface area contributed by atoms with E-state index < -0.39 is 17.8 Å². The van der Waals surface area contributed by atoms with Gasteiger partial charge in [0.2, 0.25) is 5.91 Å². The second kappa shape index (κ2) is 8.89. The summed E-state index contributed by atoms with van der Waals surface area (Å²) in [5.74, 6) is -0.277. The SMILES string of the molecule is CC1=C(C(=O)N(C)C)C(c2ccc(C(F)(F)F)cc2)N2C(CC(=O)N3CCCC3)=CSC2=N1. The zero-order valence-electron chi connectivity index (χ0n) is 18.6. The van der Waals surface area contributed by atoms with Crippen molar-refractivity contribution in [3.05, 3.63) is 57.8 Å². The molecular formula is C23H25F3N4O2S. The third kappa shape index (κ3) is 4.53. The molecule has 0 saturated carbocycles. The van der Waals surface area contributed by atoms with Gasteiger partial charge in [-0.25, -0.2) is 4.99 Å². The van der Waals surface area contributed by atoms with E-state index in [1.54, 1.807) is 21.0 Å². The first-order chi connectivity index (χ1) is 15.6. The number of nitrogens with zero attached hydrogens (tertiary/aromatic N) is 4. The number of aliphatic imine (C=N–C) groups is 1. The summed E-state index contributed by atoms with van der Waals surface area (Å²) in [6.07, 6.45) is -2.35. The van der Waals surface area contributed by atoms with Gasteiger partial charge in [-0.15, -0.1) is 0 Å². The van der Waals surface area contributed by atoms with E-state index in [4.69, 9.17) is 0 Å². The second-order valence-electron chi connectivity index (χ2n) is 8.48. The van der Waals surface area contributed by atoms with Gasteiger partial charge in [-0.2, -0.15) is 13.2 Å². The van der Waals surface area contributed by atoms with Crippen molar-refractivity contribution < 1.29 is 22.8 Å². The van der Waals surface area contributed by atoms with Crippen molar-refractivity contribution in [1.29, 1.82) is 0 Å². The van der Waals surface area contributed by atoms with E-state index in [2.05, 4.69) is 4.99 Å². The van der Waals surface area contributed by atoms with Crippen molar-refractivity contribution in [2.45, 2.75) is 38.4 Å². The minimum Gasteiger partial charge on any atom is -0.345 e. The van der Waals surface area contributed by atoms with E-state index in [9.17, 15) is 22.8 Å². The highest BCUT2D eigenvalue weighted by molar-refractivity contribution is 8.16. The number of allylic oxidation sites excluding steroid dienone is 1. The molecule has 10 heteroatoms. The lowest BCUT2D eigenvalue weighted by atomic mass is 9.92. The summed E-state index contributed by atoms with van der Waals surface area (Å²) >= 11 is 1.35. The molecular weight excluding hydrogens is 453 g/mol. The number of amides is 2. The fourth-order valence-electron chi connectivity index (χ4n) is 4.29. The molecule has 0 aliphatic carbocycles.